The lowest BCUT2D eigenvalue weighted by Gasteiger charge is -2.05. The Morgan fingerprint density at radius 1 is 0.196 bits per heavy atom. The van der Waals surface area contributed by atoms with E-state index in [4.69, 9.17) is 101 Å². The highest BCUT2D eigenvalue weighted by atomic mass is 16.5. The second kappa shape index (κ2) is 122. The standard InChI is InChI=1S/2C36H70O2.6C3H8O3/c2*1-3-5-7-9-11-13-15-17-19-21-23-25-27-29-31-33-35-38-36(37)34-32-30-28-26-24-22-20-18-16-14-12-10-8-6-4-2;6*4-1-3(6)2-5/h2*17,19H,3-16,18,20-35H2,1-2H3;6*3-6H,1-2H2. The molecule has 680 valence electrons. The number of rotatable bonds is 76. The van der Waals surface area contributed by atoms with E-state index in [1.807, 2.05) is 0 Å². The van der Waals surface area contributed by atoms with Crippen molar-refractivity contribution >= 4 is 11.9 Å². The molecule has 0 saturated heterocycles. The quantitative estimate of drug-likeness (QED) is 0.0153. The number of aliphatic hydroxyl groups excluding tert-OH is 18. The number of esters is 2. The molecule has 0 aliphatic rings. The van der Waals surface area contributed by atoms with Crippen LogP contribution in [0, 0.1) is 0 Å². The summed E-state index contributed by atoms with van der Waals surface area (Å²) in [5, 5.41) is 144. The average Bonchev–Trinajstić information content (AvgIpc) is 3.89. The van der Waals surface area contributed by atoms with E-state index in [2.05, 4.69) is 52.0 Å². The number of hydrogen-bond acceptors (Lipinski definition) is 22. The van der Waals surface area contributed by atoms with E-state index in [0.29, 0.717) is 26.1 Å². The maximum absolute atomic E-state index is 11.9. The molecule has 0 aliphatic carbocycles. The monoisotopic (exact) mass is 1620 g/mol. The Morgan fingerprint density at radius 3 is 0.455 bits per heavy atom. The zero-order valence-electron chi connectivity index (χ0n) is 72.8. The van der Waals surface area contributed by atoms with Gasteiger partial charge in [-0.25, -0.2) is 0 Å². The van der Waals surface area contributed by atoms with Crippen molar-refractivity contribution < 1.29 is 111 Å². The van der Waals surface area contributed by atoms with Gasteiger partial charge in [-0.1, -0.05) is 347 Å². The van der Waals surface area contributed by atoms with Crippen LogP contribution in [0.1, 0.15) is 413 Å². The third kappa shape index (κ3) is 140. The first-order valence-electron chi connectivity index (χ1n) is 45.5. The number of unbranched alkanes of at least 4 members (excludes halogenated alkanes) is 52. The highest BCUT2D eigenvalue weighted by molar-refractivity contribution is 5.69. The third-order valence-corrected chi connectivity index (χ3v) is 18.3. The number of aliphatic hydroxyl groups is 18. The smallest absolute Gasteiger partial charge is 0.305 e. The van der Waals surface area contributed by atoms with Crippen molar-refractivity contribution in [1.82, 2.24) is 0 Å². The van der Waals surface area contributed by atoms with Crippen molar-refractivity contribution in [3.05, 3.63) is 24.3 Å². The Hall–Kier alpha value is -2.30. The molecule has 0 spiro atoms. The zero-order valence-corrected chi connectivity index (χ0v) is 72.8. The van der Waals surface area contributed by atoms with Gasteiger partial charge in [-0.2, -0.15) is 0 Å². The number of allylic oxidation sites excluding steroid dienone is 4. The summed E-state index contributed by atoms with van der Waals surface area (Å²) in [5.41, 5.74) is 0. The molecule has 0 unspecified atom stereocenters. The maximum atomic E-state index is 11.9. The van der Waals surface area contributed by atoms with Gasteiger partial charge < -0.3 is 101 Å². The fourth-order valence-electron chi connectivity index (χ4n) is 10.8. The van der Waals surface area contributed by atoms with Crippen molar-refractivity contribution in [1.29, 1.82) is 0 Å². The predicted octanol–water partition coefficient (Wildman–Crippen LogP) is 15.6. The van der Waals surface area contributed by atoms with Gasteiger partial charge in [0, 0.05) is 12.8 Å². The van der Waals surface area contributed by atoms with Crippen LogP contribution in [0.2, 0.25) is 0 Å². The summed E-state index contributed by atoms with van der Waals surface area (Å²) >= 11 is 0. The molecule has 112 heavy (non-hydrogen) atoms. The van der Waals surface area contributed by atoms with Crippen LogP contribution in [0.4, 0.5) is 0 Å². The van der Waals surface area contributed by atoms with Crippen LogP contribution in [-0.4, -0.2) is 233 Å². The van der Waals surface area contributed by atoms with Crippen molar-refractivity contribution in [2.24, 2.45) is 0 Å². The van der Waals surface area contributed by atoms with E-state index in [-0.39, 0.29) is 91.2 Å². The molecule has 0 saturated carbocycles. The molecule has 22 nitrogen and oxygen atoms in total. The summed E-state index contributed by atoms with van der Waals surface area (Å²) in [6, 6.07) is 0. The zero-order chi connectivity index (χ0) is 85.2. The highest BCUT2D eigenvalue weighted by Crippen LogP contribution is 2.18. The molecule has 0 rings (SSSR count). The Bertz CT molecular complexity index is 1470. The van der Waals surface area contributed by atoms with E-state index in [1.54, 1.807) is 0 Å². The molecule has 18 N–H and O–H groups in total. The molecule has 0 bridgehead atoms. The topological polar surface area (TPSA) is 417 Å². The van der Waals surface area contributed by atoms with Gasteiger partial charge in [0.15, 0.2) is 0 Å². The van der Waals surface area contributed by atoms with Gasteiger partial charge in [0.1, 0.15) is 36.6 Å². The first-order chi connectivity index (χ1) is 54.5. The fraction of sp³-hybridized carbons (Fsp3) is 0.933. The molecule has 22 heteroatoms. The maximum Gasteiger partial charge on any atom is 0.305 e. The lowest BCUT2D eigenvalue weighted by molar-refractivity contribution is -0.144. The van der Waals surface area contributed by atoms with Gasteiger partial charge >= 0.3 is 11.9 Å². The number of ether oxygens (including phenoxy) is 2. The molecule has 0 aromatic heterocycles. The van der Waals surface area contributed by atoms with Crippen LogP contribution in [-0.2, 0) is 19.1 Å². The summed E-state index contributed by atoms with van der Waals surface area (Å²) in [5.74, 6) is 0.0416. The van der Waals surface area contributed by atoms with Crippen LogP contribution < -0.4 is 0 Å². The minimum atomic E-state index is -0.954. The molecule has 0 radical (unpaired) electrons. The molecule has 0 aromatic rings. The lowest BCUT2D eigenvalue weighted by atomic mass is 10.0. The lowest BCUT2D eigenvalue weighted by Crippen LogP contribution is -2.15. The van der Waals surface area contributed by atoms with Crippen LogP contribution in [0.25, 0.3) is 0 Å². The van der Waals surface area contributed by atoms with E-state index in [0.717, 1.165) is 25.7 Å². The van der Waals surface area contributed by atoms with E-state index in [1.165, 1.54) is 347 Å². The summed E-state index contributed by atoms with van der Waals surface area (Å²) in [6.07, 6.45) is 82.5. The first-order valence-corrected chi connectivity index (χ1v) is 45.5. The van der Waals surface area contributed by atoms with Crippen molar-refractivity contribution in [3.8, 4) is 0 Å². The summed E-state index contributed by atoms with van der Waals surface area (Å²) < 4.78 is 10.9. The summed E-state index contributed by atoms with van der Waals surface area (Å²) in [6.45, 7) is 6.01. The molecular weight excluding hydrogens is 1430 g/mol. The largest absolute Gasteiger partial charge is 0.466 e. The average molecular weight is 1620 g/mol. The van der Waals surface area contributed by atoms with Gasteiger partial charge in [-0.3, -0.25) is 9.59 Å². The summed E-state index contributed by atoms with van der Waals surface area (Å²) in [7, 11) is 0. The fourth-order valence-corrected chi connectivity index (χ4v) is 10.8. The second-order valence-corrected chi connectivity index (χ2v) is 29.8. The van der Waals surface area contributed by atoms with Crippen LogP contribution in [0.5, 0.6) is 0 Å². The van der Waals surface area contributed by atoms with Crippen LogP contribution in [0.15, 0.2) is 24.3 Å². The van der Waals surface area contributed by atoms with E-state index in [9.17, 15) is 9.59 Å². The Balaban J connectivity index is -0.000000222. The summed E-state index contributed by atoms with van der Waals surface area (Å²) in [4.78, 5) is 23.8. The van der Waals surface area contributed by atoms with E-state index < -0.39 is 36.6 Å². The van der Waals surface area contributed by atoms with Gasteiger partial charge in [0.05, 0.1) is 92.5 Å². The number of carbonyl (C=O) groups excluding carboxylic acids is 2. The van der Waals surface area contributed by atoms with Gasteiger partial charge in [0.2, 0.25) is 0 Å². The van der Waals surface area contributed by atoms with Gasteiger partial charge in [-0.05, 0) is 77.0 Å². The minimum absolute atomic E-state index is 0.0208. The van der Waals surface area contributed by atoms with Crippen LogP contribution >= 0.6 is 0 Å². The third-order valence-electron chi connectivity index (χ3n) is 18.3. The van der Waals surface area contributed by atoms with Crippen molar-refractivity contribution in [3.63, 3.8) is 0 Å². The minimum Gasteiger partial charge on any atom is -0.466 e. The molecule has 0 amide bonds. The molecule has 0 fully saturated rings. The molecule has 0 aliphatic heterocycles. The number of carbonyl (C=O) groups is 2. The first kappa shape index (κ1) is 125. The van der Waals surface area contributed by atoms with Crippen molar-refractivity contribution in [2.75, 3.05) is 92.5 Å². The predicted molar refractivity (Wildman–Crippen MR) is 461 cm³/mol. The normalized spacial score (nSPS) is 11.0. The molecule has 0 heterocycles. The SMILES string of the molecule is CCCCCCCCC=CCCCCCCCCOC(=O)CCCCCCCCCCCCCCCCC.CCCCCCCCC=CCCCCCCCCOC(=O)CCCCCCCCCCCCCCCCC.OCC(O)CO.OCC(O)CO.OCC(O)CO.OCC(O)CO.OCC(O)CO.OCC(O)CO. The second-order valence-electron chi connectivity index (χ2n) is 29.8. The molecular formula is C90H188O22. The van der Waals surface area contributed by atoms with Gasteiger partial charge in [-0.15, -0.1) is 0 Å². The number of hydrogen-bond donors (Lipinski definition) is 18. The Labute approximate surface area is 686 Å². The van der Waals surface area contributed by atoms with Crippen molar-refractivity contribution in [2.45, 2.75) is 450 Å². The van der Waals surface area contributed by atoms with Crippen LogP contribution in [0.3, 0.4) is 0 Å². The molecule has 0 aromatic carbocycles. The molecule has 0 atom stereocenters. The Kier molecular flexibility index (Phi) is 136. The highest BCUT2D eigenvalue weighted by Gasteiger charge is 2.06. The Morgan fingerprint density at radius 2 is 0.321 bits per heavy atom. The van der Waals surface area contributed by atoms with E-state index >= 15 is 0 Å². The van der Waals surface area contributed by atoms with Gasteiger partial charge in [0.25, 0.3) is 0 Å².